The second-order valence-electron chi connectivity index (χ2n) is 5.84. The summed E-state index contributed by atoms with van der Waals surface area (Å²) in [7, 11) is 3.33. The predicted molar refractivity (Wildman–Crippen MR) is 103 cm³/mol. The molecular formula is C20H25FN4O. The minimum atomic E-state index is -0.219. The molecule has 0 unspecified atom stereocenters. The molecule has 3 N–H and O–H groups in total. The number of hydrogen-bond donors (Lipinski definition) is 3. The molecule has 2 aromatic carbocycles. The summed E-state index contributed by atoms with van der Waals surface area (Å²) in [6.45, 7) is 1.35. The zero-order valence-corrected chi connectivity index (χ0v) is 15.2. The fourth-order valence-corrected chi connectivity index (χ4v) is 2.58. The molecule has 0 saturated carbocycles. The summed E-state index contributed by atoms with van der Waals surface area (Å²) in [5.41, 5.74) is 2.68. The third-order valence-electron chi connectivity index (χ3n) is 3.94. The molecule has 2 rings (SSSR count). The number of guanidine groups is 1. The summed E-state index contributed by atoms with van der Waals surface area (Å²) >= 11 is 0. The van der Waals surface area contributed by atoms with E-state index in [4.69, 9.17) is 0 Å². The Morgan fingerprint density at radius 2 is 1.62 bits per heavy atom. The van der Waals surface area contributed by atoms with Crippen molar-refractivity contribution in [3.63, 3.8) is 0 Å². The number of nitrogens with one attached hydrogen (secondary N) is 3. The van der Waals surface area contributed by atoms with E-state index in [0.29, 0.717) is 31.0 Å². The maximum atomic E-state index is 13.2. The smallest absolute Gasteiger partial charge is 0.251 e. The van der Waals surface area contributed by atoms with Crippen molar-refractivity contribution in [2.24, 2.45) is 4.99 Å². The number of halogens is 1. The van der Waals surface area contributed by atoms with Gasteiger partial charge in [0.1, 0.15) is 5.82 Å². The van der Waals surface area contributed by atoms with Gasteiger partial charge in [0.2, 0.25) is 0 Å². The lowest BCUT2D eigenvalue weighted by molar-refractivity contribution is 0.0963. The highest BCUT2D eigenvalue weighted by molar-refractivity contribution is 5.94. The van der Waals surface area contributed by atoms with Crippen LogP contribution in [0.2, 0.25) is 0 Å². The molecule has 138 valence electrons. The molecular weight excluding hydrogens is 331 g/mol. The van der Waals surface area contributed by atoms with Gasteiger partial charge in [-0.1, -0.05) is 24.3 Å². The normalized spacial score (nSPS) is 11.1. The number of amides is 1. The molecule has 1 amide bonds. The number of carbonyl (C=O) groups is 1. The first-order valence-corrected chi connectivity index (χ1v) is 8.62. The molecule has 5 nitrogen and oxygen atoms in total. The van der Waals surface area contributed by atoms with Gasteiger partial charge < -0.3 is 16.0 Å². The van der Waals surface area contributed by atoms with Gasteiger partial charge in [0.05, 0.1) is 0 Å². The Labute approximate surface area is 153 Å². The lowest BCUT2D eigenvalue weighted by atomic mass is 10.1. The molecule has 0 saturated heterocycles. The van der Waals surface area contributed by atoms with E-state index in [1.807, 2.05) is 24.3 Å². The molecule has 0 spiro atoms. The van der Waals surface area contributed by atoms with E-state index in [-0.39, 0.29) is 11.7 Å². The van der Waals surface area contributed by atoms with E-state index in [2.05, 4.69) is 20.9 Å². The van der Waals surface area contributed by atoms with Crippen molar-refractivity contribution in [3.05, 3.63) is 71.0 Å². The van der Waals surface area contributed by atoms with Crippen LogP contribution in [0.4, 0.5) is 4.39 Å². The van der Waals surface area contributed by atoms with E-state index in [0.717, 1.165) is 17.5 Å². The minimum absolute atomic E-state index is 0.0883. The Morgan fingerprint density at radius 1 is 1.00 bits per heavy atom. The lowest BCUT2D eigenvalue weighted by Crippen LogP contribution is -2.39. The van der Waals surface area contributed by atoms with Crippen LogP contribution in [0.5, 0.6) is 0 Å². The number of hydrogen-bond acceptors (Lipinski definition) is 2. The van der Waals surface area contributed by atoms with Crippen LogP contribution in [0.25, 0.3) is 0 Å². The Hall–Kier alpha value is -2.89. The highest BCUT2D eigenvalue weighted by Gasteiger charge is 2.04. The van der Waals surface area contributed by atoms with Crippen molar-refractivity contribution in [2.45, 2.75) is 12.8 Å². The molecule has 0 bridgehead atoms. The minimum Gasteiger partial charge on any atom is -0.356 e. The van der Waals surface area contributed by atoms with Crippen LogP contribution in [0.1, 0.15) is 21.5 Å². The largest absolute Gasteiger partial charge is 0.356 e. The van der Waals surface area contributed by atoms with E-state index in [9.17, 15) is 9.18 Å². The summed E-state index contributed by atoms with van der Waals surface area (Å²) in [6, 6.07) is 14.2. The summed E-state index contributed by atoms with van der Waals surface area (Å²) in [5.74, 6) is 0.391. The van der Waals surface area contributed by atoms with Gasteiger partial charge in [-0.05, 0) is 48.2 Å². The SMILES string of the molecule is CN=C(NCCc1cccc(F)c1)NCCc1cccc(C(=O)NC)c1. The maximum absolute atomic E-state index is 13.2. The van der Waals surface area contributed by atoms with Gasteiger partial charge in [-0.2, -0.15) is 0 Å². The Kier molecular flexibility index (Phi) is 7.61. The van der Waals surface area contributed by atoms with Gasteiger partial charge in [0.25, 0.3) is 5.91 Å². The zero-order valence-electron chi connectivity index (χ0n) is 15.2. The average molecular weight is 356 g/mol. The first-order valence-electron chi connectivity index (χ1n) is 8.62. The van der Waals surface area contributed by atoms with E-state index in [1.54, 1.807) is 26.2 Å². The van der Waals surface area contributed by atoms with Crippen molar-refractivity contribution in [2.75, 3.05) is 27.2 Å². The molecule has 0 aromatic heterocycles. The maximum Gasteiger partial charge on any atom is 0.251 e. The van der Waals surface area contributed by atoms with Gasteiger partial charge >= 0.3 is 0 Å². The number of rotatable bonds is 7. The molecule has 0 heterocycles. The van der Waals surface area contributed by atoms with Crippen LogP contribution < -0.4 is 16.0 Å². The first-order chi connectivity index (χ1) is 12.6. The molecule has 0 atom stereocenters. The van der Waals surface area contributed by atoms with Gasteiger partial charge in [-0.15, -0.1) is 0 Å². The Bertz CT molecular complexity index is 761. The molecule has 6 heteroatoms. The average Bonchev–Trinajstić information content (AvgIpc) is 2.66. The van der Waals surface area contributed by atoms with Crippen LogP contribution in [-0.4, -0.2) is 39.1 Å². The van der Waals surface area contributed by atoms with E-state index < -0.39 is 0 Å². The molecule has 0 aliphatic carbocycles. The standard InChI is InChI=1S/C20H25FN4O/c1-22-19(26)17-7-3-5-15(13-17)9-11-24-20(23-2)25-12-10-16-6-4-8-18(21)14-16/h3-8,13-14H,9-12H2,1-2H3,(H,22,26)(H2,23,24,25). The second kappa shape index (κ2) is 10.2. The van der Waals surface area contributed by atoms with Crippen molar-refractivity contribution in [3.8, 4) is 0 Å². The van der Waals surface area contributed by atoms with Gasteiger partial charge in [0.15, 0.2) is 5.96 Å². The lowest BCUT2D eigenvalue weighted by Gasteiger charge is -2.12. The number of aliphatic imine (C=N–C) groups is 1. The quantitative estimate of drug-likeness (QED) is 0.526. The van der Waals surface area contributed by atoms with Crippen LogP contribution >= 0.6 is 0 Å². The van der Waals surface area contributed by atoms with Gasteiger partial charge in [0, 0.05) is 32.7 Å². The predicted octanol–water partition coefficient (Wildman–Crippen LogP) is 2.14. The van der Waals surface area contributed by atoms with Crippen molar-refractivity contribution < 1.29 is 9.18 Å². The summed E-state index contributed by atoms with van der Waals surface area (Å²) in [4.78, 5) is 15.9. The molecule has 26 heavy (non-hydrogen) atoms. The van der Waals surface area contributed by atoms with Crippen LogP contribution in [0.15, 0.2) is 53.5 Å². The van der Waals surface area contributed by atoms with Gasteiger partial charge in [-0.3, -0.25) is 9.79 Å². The number of nitrogens with zero attached hydrogens (tertiary/aromatic N) is 1. The van der Waals surface area contributed by atoms with Crippen LogP contribution in [-0.2, 0) is 12.8 Å². The second-order valence-corrected chi connectivity index (χ2v) is 5.84. The van der Waals surface area contributed by atoms with Crippen LogP contribution in [0, 0.1) is 5.82 Å². The summed E-state index contributed by atoms with van der Waals surface area (Å²) in [5, 5.41) is 9.08. The van der Waals surface area contributed by atoms with Crippen molar-refractivity contribution in [1.82, 2.24) is 16.0 Å². The molecule has 0 aliphatic heterocycles. The zero-order chi connectivity index (χ0) is 18.8. The van der Waals surface area contributed by atoms with Gasteiger partial charge in [-0.25, -0.2) is 4.39 Å². The Balaban J connectivity index is 1.76. The Morgan fingerprint density at radius 3 is 2.19 bits per heavy atom. The van der Waals surface area contributed by atoms with Crippen LogP contribution in [0.3, 0.4) is 0 Å². The van der Waals surface area contributed by atoms with Crippen molar-refractivity contribution >= 4 is 11.9 Å². The fourth-order valence-electron chi connectivity index (χ4n) is 2.58. The monoisotopic (exact) mass is 356 g/mol. The number of benzene rings is 2. The van der Waals surface area contributed by atoms with Crippen molar-refractivity contribution in [1.29, 1.82) is 0 Å². The van der Waals surface area contributed by atoms with E-state index >= 15 is 0 Å². The number of carbonyl (C=O) groups excluding carboxylic acids is 1. The third-order valence-corrected chi connectivity index (χ3v) is 3.94. The fraction of sp³-hybridized carbons (Fsp3) is 0.300. The first kappa shape index (κ1) is 19.4. The molecule has 0 fully saturated rings. The topological polar surface area (TPSA) is 65.5 Å². The van der Waals surface area contributed by atoms with E-state index in [1.165, 1.54) is 12.1 Å². The molecule has 2 aromatic rings. The third kappa shape index (κ3) is 6.20. The summed E-state index contributed by atoms with van der Waals surface area (Å²) < 4.78 is 13.2. The summed E-state index contributed by atoms with van der Waals surface area (Å²) in [6.07, 6.45) is 1.49. The highest BCUT2D eigenvalue weighted by atomic mass is 19.1. The molecule has 0 radical (unpaired) electrons. The molecule has 0 aliphatic rings. The highest BCUT2D eigenvalue weighted by Crippen LogP contribution is 2.06.